The standard InChI is InChI=1S/C16H19O2S.6FH2O3P/c1-4-18-16(17)12(2)19(3)15-10-9-13-7-5-6-8-14(13)11-15;6*1-5(2,3)4/h5-12H,4H2,1-3H3;6*(H2,2,3,4)/q+1;;;;;;/p-1. The quantitative estimate of drug-likeness (QED) is 0.0909. The second-order valence-corrected chi connectivity index (χ2v) is 15.2. The Morgan fingerprint density at radius 1 is 0.673 bits per heavy atom. The summed E-state index contributed by atoms with van der Waals surface area (Å²) in [6, 6.07) is 14.7. The number of hydrogen-bond acceptors (Lipinski definition) is 9. The third kappa shape index (κ3) is 82.3. The molecule has 0 saturated heterocycles. The predicted octanol–water partition coefficient (Wildman–Crippen LogP) is 3.06. The van der Waals surface area contributed by atoms with Gasteiger partial charge in [-0.15, -0.1) is 21.0 Å². The second kappa shape index (κ2) is 25.9. The van der Waals surface area contributed by atoms with Crippen molar-refractivity contribution in [3.05, 3.63) is 42.5 Å². The number of fused-ring (bicyclic) bond motifs is 1. The molecule has 0 fully saturated rings. The normalized spacial score (nSPS) is 13.7. The summed E-state index contributed by atoms with van der Waals surface area (Å²) in [4.78, 5) is 98.1. The highest BCUT2D eigenvalue weighted by Crippen LogP contribution is 2.36. The van der Waals surface area contributed by atoms with Crippen LogP contribution >= 0.6 is 47.4 Å². The zero-order valence-electron chi connectivity index (χ0n) is 24.3. The fraction of sp³-hybridized carbons (Fsp3) is 0.312. The van der Waals surface area contributed by atoms with E-state index in [2.05, 4.69) is 36.6 Å². The molecule has 0 aromatic heterocycles. The van der Waals surface area contributed by atoms with Crippen molar-refractivity contribution in [3.8, 4) is 0 Å². The molecular formula is C16H30F6O20P6S. The van der Waals surface area contributed by atoms with Crippen molar-refractivity contribution in [2.45, 2.75) is 24.0 Å². The molecule has 0 heterocycles. The first-order chi connectivity index (χ1) is 21.1. The summed E-state index contributed by atoms with van der Waals surface area (Å²) in [5.41, 5.74) is 0. The lowest BCUT2D eigenvalue weighted by atomic mass is 10.1. The summed E-state index contributed by atoms with van der Waals surface area (Å²) < 4.78 is 119. The van der Waals surface area contributed by atoms with E-state index in [9.17, 15) is 30.0 Å². The van der Waals surface area contributed by atoms with Crippen LogP contribution in [0, 0.1) is 0 Å². The molecule has 0 aliphatic carbocycles. The maximum atomic E-state index is 11.8. The van der Waals surface area contributed by atoms with Crippen LogP contribution in [0.3, 0.4) is 0 Å². The lowest BCUT2D eigenvalue weighted by molar-refractivity contribution is -0.206. The highest BCUT2D eigenvalue weighted by molar-refractivity contribution is 7.97. The van der Waals surface area contributed by atoms with Crippen molar-refractivity contribution in [2.24, 2.45) is 0 Å². The molecule has 0 aliphatic heterocycles. The van der Waals surface area contributed by atoms with E-state index in [0.717, 1.165) is 0 Å². The third-order valence-corrected chi connectivity index (χ3v) is 5.49. The Balaban J connectivity index is -0.000000178. The Morgan fingerprint density at radius 2 is 0.939 bits per heavy atom. The Morgan fingerprint density at radius 3 is 1.20 bits per heavy atom. The van der Waals surface area contributed by atoms with Gasteiger partial charge in [0.15, 0.2) is 4.90 Å². The molecule has 3 unspecified atom stereocenters. The van der Waals surface area contributed by atoms with Gasteiger partial charge in [0.2, 0.25) is 5.25 Å². The van der Waals surface area contributed by atoms with E-state index >= 15 is 0 Å². The van der Waals surface area contributed by atoms with Crippen molar-refractivity contribution < 1.29 is 121 Å². The van der Waals surface area contributed by atoms with Crippen LogP contribution < -0.4 is 4.89 Å². The maximum Gasteiger partial charge on any atom is 0.507 e. The number of ether oxygens (including phenoxy) is 1. The zero-order valence-corrected chi connectivity index (χ0v) is 30.5. The Kier molecular flexibility index (Phi) is 30.3. The van der Waals surface area contributed by atoms with Gasteiger partial charge in [0, 0.05) is 17.0 Å². The van der Waals surface area contributed by atoms with Gasteiger partial charge in [0.1, 0.15) is 6.26 Å². The van der Waals surface area contributed by atoms with Gasteiger partial charge >= 0.3 is 53.4 Å². The summed E-state index contributed by atoms with van der Waals surface area (Å²) >= 11 is 0. The number of esters is 1. The van der Waals surface area contributed by atoms with E-state index in [4.69, 9.17) is 90.8 Å². The zero-order chi connectivity index (χ0) is 40.8. The van der Waals surface area contributed by atoms with E-state index in [1.54, 1.807) is 0 Å². The molecule has 3 atom stereocenters. The maximum absolute atomic E-state index is 11.8. The highest BCUT2D eigenvalue weighted by Gasteiger charge is 2.32. The van der Waals surface area contributed by atoms with Crippen molar-refractivity contribution in [3.63, 3.8) is 0 Å². The van der Waals surface area contributed by atoms with Crippen molar-refractivity contribution in [1.29, 1.82) is 0 Å². The van der Waals surface area contributed by atoms with Gasteiger partial charge < -0.3 is 14.5 Å². The molecule has 0 amide bonds. The first-order valence-electron chi connectivity index (χ1n) is 10.9. The molecule has 11 N–H and O–H groups in total. The number of benzene rings is 2. The van der Waals surface area contributed by atoms with Crippen molar-refractivity contribution in [1.82, 2.24) is 0 Å². The number of rotatable bonds is 4. The monoisotopic (exact) mass is 874 g/mol. The molecule has 0 spiro atoms. The topological polar surface area (TPSA) is 374 Å². The fourth-order valence-corrected chi connectivity index (χ4v) is 3.34. The van der Waals surface area contributed by atoms with Crippen LogP contribution in [0.1, 0.15) is 13.8 Å². The van der Waals surface area contributed by atoms with Gasteiger partial charge in [-0.3, -0.25) is 53.5 Å². The molecular weight excluding hydrogens is 844 g/mol. The lowest BCUT2D eigenvalue weighted by Gasteiger charge is -2.11. The summed E-state index contributed by atoms with van der Waals surface area (Å²) in [7, 11) is -31.2. The van der Waals surface area contributed by atoms with Crippen LogP contribution in [0.15, 0.2) is 47.4 Å². The Labute approximate surface area is 275 Å². The van der Waals surface area contributed by atoms with Crippen LogP contribution in [-0.4, -0.2) is 77.9 Å². The Hall–Kier alpha value is -1.00. The molecule has 0 aliphatic rings. The third-order valence-electron chi connectivity index (χ3n) is 3.24. The molecule has 49 heavy (non-hydrogen) atoms. The van der Waals surface area contributed by atoms with Gasteiger partial charge in [-0.1, -0.05) is 24.3 Å². The van der Waals surface area contributed by atoms with E-state index in [-0.39, 0.29) is 22.1 Å². The second-order valence-electron chi connectivity index (χ2n) is 7.28. The van der Waals surface area contributed by atoms with Crippen molar-refractivity contribution in [2.75, 3.05) is 12.9 Å². The van der Waals surface area contributed by atoms with Crippen LogP contribution in [-0.2, 0) is 47.8 Å². The van der Waals surface area contributed by atoms with Gasteiger partial charge in [0.05, 0.1) is 6.61 Å². The van der Waals surface area contributed by atoms with E-state index in [1.165, 1.54) is 15.7 Å². The van der Waals surface area contributed by atoms with Gasteiger partial charge in [-0.05, 0) is 36.8 Å². The van der Waals surface area contributed by atoms with Gasteiger partial charge in [-0.25, -0.2) is 27.6 Å². The van der Waals surface area contributed by atoms with Crippen LogP contribution in [0.25, 0.3) is 10.8 Å². The average Bonchev–Trinajstić information content (AvgIpc) is 2.76. The van der Waals surface area contributed by atoms with Crippen LogP contribution in [0.2, 0.25) is 0 Å². The minimum Gasteiger partial charge on any atom is -0.753 e. The molecule has 0 saturated carbocycles. The average molecular weight is 874 g/mol. The van der Waals surface area contributed by atoms with Gasteiger partial charge in [-0.2, -0.15) is 4.20 Å². The number of hydrogen-bond donors (Lipinski definition) is 11. The molecule has 2 rings (SSSR count). The molecule has 0 bridgehead atoms. The first-order valence-corrected chi connectivity index (χ1v) is 21.6. The smallest absolute Gasteiger partial charge is 0.507 e. The summed E-state index contributed by atoms with van der Waals surface area (Å²) in [5.74, 6) is -0.110. The minimum atomic E-state index is -5.39. The molecule has 0 radical (unpaired) electrons. The predicted molar refractivity (Wildman–Crippen MR) is 158 cm³/mol. The van der Waals surface area contributed by atoms with Gasteiger partial charge in [0.25, 0.3) is 0 Å². The summed E-state index contributed by atoms with van der Waals surface area (Å²) in [5, 5.41) is 2.35. The van der Waals surface area contributed by atoms with Crippen LogP contribution in [0.4, 0.5) is 25.2 Å². The molecule has 2 aromatic carbocycles. The van der Waals surface area contributed by atoms with Crippen LogP contribution in [0.5, 0.6) is 0 Å². The highest BCUT2D eigenvalue weighted by atomic mass is 32.2. The van der Waals surface area contributed by atoms with Crippen molar-refractivity contribution >= 4 is 75.1 Å². The number of carbonyl (C=O) groups is 1. The molecule has 292 valence electrons. The largest absolute Gasteiger partial charge is 0.753 e. The van der Waals surface area contributed by atoms with E-state index in [1.807, 2.05) is 26.0 Å². The first kappa shape index (κ1) is 57.3. The number of carbonyl (C=O) groups excluding carboxylic acids is 1. The minimum absolute atomic E-state index is 0.0962. The molecule has 20 nitrogen and oxygen atoms in total. The van der Waals surface area contributed by atoms with E-state index < -0.39 is 47.4 Å². The van der Waals surface area contributed by atoms with E-state index in [0.29, 0.717) is 6.61 Å². The lowest BCUT2D eigenvalue weighted by Crippen LogP contribution is -2.28. The SMILES string of the molecule is CCOC(=O)C(C)[S+](C)c1ccc2ccccc2c1.O=P(O)(O)F.O=P(O)(O)F.O=P(O)(O)F.O=P(O)(O)F.O=P(O)(O)F.O=P([O-])(O)F. The fourth-order valence-electron chi connectivity index (χ4n) is 1.98. The molecule has 2 aromatic rings. The molecule has 33 heteroatoms. The number of halogens is 6. The summed E-state index contributed by atoms with van der Waals surface area (Å²) in [6.45, 7) is 4.23. The Bertz CT molecular complexity index is 1320. The summed E-state index contributed by atoms with van der Waals surface area (Å²) in [6.07, 6.45) is 2.10.